The molecular weight excluding hydrogens is 268 g/mol. The van der Waals surface area contributed by atoms with Crippen molar-refractivity contribution in [3.8, 4) is 0 Å². The van der Waals surface area contributed by atoms with E-state index < -0.39 is 36.6 Å². The average molecular weight is 288 g/mol. The second kappa shape index (κ2) is 7.71. The first-order valence-corrected chi connectivity index (χ1v) is 6.27. The zero-order chi connectivity index (χ0) is 15.1. The molecule has 0 spiro atoms. The van der Waals surface area contributed by atoms with E-state index in [-0.39, 0.29) is 12.8 Å². The van der Waals surface area contributed by atoms with Gasteiger partial charge in [0.25, 0.3) is 0 Å². The van der Waals surface area contributed by atoms with Crippen LogP contribution in [0.1, 0.15) is 12.8 Å². The Bertz CT molecular complexity index is 339. The Kier molecular flexibility index (Phi) is 6.26. The number of alkyl carbamates (subject to hydrolysis) is 2. The minimum Gasteiger partial charge on any atom is -0.442 e. The molecule has 114 valence electrons. The number of hydrogen-bond donors (Lipinski definition) is 4. The van der Waals surface area contributed by atoms with Crippen molar-refractivity contribution in [2.75, 3.05) is 14.1 Å². The zero-order valence-corrected chi connectivity index (χ0v) is 11.4. The fraction of sp³-hybridized carbons (Fsp3) is 0.667. The van der Waals surface area contributed by atoms with Crippen LogP contribution in [0.15, 0.2) is 12.2 Å². The third-order valence-corrected chi connectivity index (χ3v) is 2.86. The molecule has 20 heavy (non-hydrogen) atoms. The van der Waals surface area contributed by atoms with Gasteiger partial charge in [-0.25, -0.2) is 9.59 Å². The Labute approximate surface area is 116 Å². The Hall–Kier alpha value is -1.80. The summed E-state index contributed by atoms with van der Waals surface area (Å²) < 4.78 is 10.0. The summed E-state index contributed by atoms with van der Waals surface area (Å²) in [5, 5.41) is 24.2. The maximum Gasteiger partial charge on any atom is 0.407 e. The van der Waals surface area contributed by atoms with Gasteiger partial charge in [0.2, 0.25) is 0 Å². The van der Waals surface area contributed by atoms with Gasteiger partial charge in [0.1, 0.15) is 12.2 Å². The van der Waals surface area contributed by atoms with E-state index in [1.165, 1.54) is 26.2 Å². The lowest BCUT2D eigenvalue weighted by atomic mass is 9.97. The van der Waals surface area contributed by atoms with Crippen LogP contribution < -0.4 is 10.6 Å². The molecule has 0 radical (unpaired) electrons. The Morgan fingerprint density at radius 1 is 0.950 bits per heavy atom. The van der Waals surface area contributed by atoms with Crippen LogP contribution in [0.2, 0.25) is 0 Å². The molecule has 0 saturated heterocycles. The molecule has 4 atom stereocenters. The molecule has 2 amide bonds. The monoisotopic (exact) mass is 288 g/mol. The number of carbonyl (C=O) groups excluding carboxylic acids is 2. The molecule has 1 aliphatic rings. The van der Waals surface area contributed by atoms with Crippen LogP contribution in [0.3, 0.4) is 0 Å². The van der Waals surface area contributed by atoms with Gasteiger partial charge in [-0.2, -0.15) is 0 Å². The first-order valence-electron chi connectivity index (χ1n) is 6.27. The zero-order valence-electron chi connectivity index (χ0n) is 11.4. The molecule has 4 unspecified atom stereocenters. The van der Waals surface area contributed by atoms with E-state index in [9.17, 15) is 19.8 Å². The van der Waals surface area contributed by atoms with Gasteiger partial charge in [0.15, 0.2) is 0 Å². The second-order valence-corrected chi connectivity index (χ2v) is 4.38. The van der Waals surface area contributed by atoms with Crippen molar-refractivity contribution in [1.29, 1.82) is 0 Å². The fourth-order valence-electron chi connectivity index (χ4n) is 1.76. The van der Waals surface area contributed by atoms with Crippen LogP contribution in [-0.2, 0) is 9.47 Å². The van der Waals surface area contributed by atoms with Crippen molar-refractivity contribution < 1.29 is 29.3 Å². The van der Waals surface area contributed by atoms with Crippen molar-refractivity contribution in [3.63, 3.8) is 0 Å². The normalized spacial score (nSPS) is 31.4. The summed E-state index contributed by atoms with van der Waals surface area (Å²) in [7, 11) is 2.83. The number of aliphatic hydroxyl groups is 2. The summed E-state index contributed by atoms with van der Waals surface area (Å²) in [6, 6.07) is 0. The first-order chi connectivity index (χ1) is 9.46. The lowest BCUT2D eigenvalue weighted by molar-refractivity contribution is -0.0304. The Morgan fingerprint density at radius 2 is 1.30 bits per heavy atom. The summed E-state index contributed by atoms with van der Waals surface area (Å²) in [5.41, 5.74) is 0. The number of aliphatic hydroxyl groups excluding tert-OH is 2. The summed E-state index contributed by atoms with van der Waals surface area (Å²) in [6.45, 7) is 0. The number of carbonyl (C=O) groups is 2. The van der Waals surface area contributed by atoms with Crippen LogP contribution in [0.4, 0.5) is 9.59 Å². The predicted octanol–water partition coefficient (Wildman–Crippen LogP) is -0.493. The highest BCUT2D eigenvalue weighted by Gasteiger charge is 2.28. The van der Waals surface area contributed by atoms with Gasteiger partial charge in [-0.3, -0.25) is 0 Å². The van der Waals surface area contributed by atoms with Crippen molar-refractivity contribution >= 4 is 12.2 Å². The standard InChI is InChI=1S/C12H20N2O6/c1-13-11(17)19-7-3-4-8(20-12(18)14-2)6-10(16)9(15)5-7/h3-4,7-10,15-16H,5-6H2,1-2H3,(H,13,17)(H,14,18)/b4-3+. The van der Waals surface area contributed by atoms with Crippen LogP contribution in [-0.4, -0.2) is 60.9 Å². The van der Waals surface area contributed by atoms with Gasteiger partial charge in [0.05, 0.1) is 12.2 Å². The number of amides is 2. The van der Waals surface area contributed by atoms with Gasteiger partial charge < -0.3 is 30.3 Å². The minimum absolute atomic E-state index is 0.0672. The van der Waals surface area contributed by atoms with E-state index in [1.807, 2.05) is 0 Å². The van der Waals surface area contributed by atoms with E-state index in [0.29, 0.717) is 0 Å². The number of nitrogens with one attached hydrogen (secondary N) is 2. The molecule has 8 nitrogen and oxygen atoms in total. The third kappa shape index (κ3) is 5.06. The molecule has 0 heterocycles. The summed E-state index contributed by atoms with van der Waals surface area (Å²) in [5.74, 6) is 0. The Balaban J connectivity index is 2.75. The highest BCUT2D eigenvalue weighted by molar-refractivity contribution is 5.67. The topological polar surface area (TPSA) is 117 Å². The fourth-order valence-corrected chi connectivity index (χ4v) is 1.76. The van der Waals surface area contributed by atoms with E-state index >= 15 is 0 Å². The van der Waals surface area contributed by atoms with Gasteiger partial charge in [-0.05, 0) is 12.2 Å². The lowest BCUT2D eigenvalue weighted by Gasteiger charge is -2.27. The predicted molar refractivity (Wildman–Crippen MR) is 69.0 cm³/mol. The highest BCUT2D eigenvalue weighted by Crippen LogP contribution is 2.18. The molecule has 0 bridgehead atoms. The van der Waals surface area contributed by atoms with E-state index in [0.717, 1.165) is 0 Å². The second-order valence-electron chi connectivity index (χ2n) is 4.38. The van der Waals surface area contributed by atoms with E-state index in [2.05, 4.69) is 10.6 Å². The lowest BCUT2D eigenvalue weighted by Crippen LogP contribution is -2.38. The minimum atomic E-state index is -1.08. The molecule has 0 aromatic rings. The summed E-state index contributed by atoms with van der Waals surface area (Å²) in [4.78, 5) is 22.3. The van der Waals surface area contributed by atoms with E-state index in [4.69, 9.17) is 9.47 Å². The van der Waals surface area contributed by atoms with Crippen molar-refractivity contribution in [2.45, 2.75) is 37.3 Å². The molecule has 0 saturated carbocycles. The molecular formula is C12H20N2O6. The van der Waals surface area contributed by atoms with Gasteiger partial charge in [-0.15, -0.1) is 0 Å². The number of rotatable bonds is 2. The molecule has 0 aromatic carbocycles. The van der Waals surface area contributed by atoms with Crippen LogP contribution in [0.25, 0.3) is 0 Å². The van der Waals surface area contributed by atoms with Crippen molar-refractivity contribution in [3.05, 3.63) is 12.2 Å². The van der Waals surface area contributed by atoms with Crippen molar-refractivity contribution in [2.24, 2.45) is 0 Å². The maximum atomic E-state index is 11.2. The Morgan fingerprint density at radius 3 is 1.60 bits per heavy atom. The summed E-state index contributed by atoms with van der Waals surface area (Å²) >= 11 is 0. The van der Waals surface area contributed by atoms with Gasteiger partial charge >= 0.3 is 12.2 Å². The van der Waals surface area contributed by atoms with E-state index in [1.54, 1.807) is 0 Å². The number of ether oxygens (including phenoxy) is 2. The maximum absolute atomic E-state index is 11.2. The molecule has 1 aliphatic carbocycles. The van der Waals surface area contributed by atoms with Crippen molar-refractivity contribution in [1.82, 2.24) is 10.6 Å². The smallest absolute Gasteiger partial charge is 0.407 e. The van der Waals surface area contributed by atoms with Crippen LogP contribution in [0.5, 0.6) is 0 Å². The summed E-state index contributed by atoms with van der Waals surface area (Å²) in [6.07, 6.45) is -1.69. The van der Waals surface area contributed by atoms with Crippen LogP contribution >= 0.6 is 0 Å². The SMILES string of the molecule is CNC(=O)OC1/C=C/C(OC(=O)NC)CC(O)C(O)C1. The molecule has 0 aliphatic heterocycles. The molecule has 4 N–H and O–H groups in total. The molecule has 1 rings (SSSR count). The largest absolute Gasteiger partial charge is 0.442 e. The van der Waals surface area contributed by atoms with Gasteiger partial charge in [0, 0.05) is 26.9 Å². The third-order valence-electron chi connectivity index (χ3n) is 2.86. The van der Waals surface area contributed by atoms with Crippen LogP contribution in [0, 0.1) is 0 Å². The first kappa shape index (κ1) is 16.3. The highest BCUT2D eigenvalue weighted by atomic mass is 16.6. The molecule has 8 heteroatoms. The molecule has 0 fully saturated rings. The average Bonchev–Trinajstić information content (AvgIpc) is 2.42. The number of hydrogen-bond acceptors (Lipinski definition) is 6. The quantitative estimate of drug-likeness (QED) is 0.509. The van der Waals surface area contributed by atoms with Gasteiger partial charge in [-0.1, -0.05) is 0 Å². The molecule has 0 aromatic heterocycles.